The Kier molecular flexibility index (Phi) is 2.48. The normalized spacial score (nSPS) is 10.6. The van der Waals surface area contributed by atoms with E-state index in [9.17, 15) is 9.90 Å². The van der Waals surface area contributed by atoms with Crippen molar-refractivity contribution >= 4 is 33.2 Å². The monoisotopic (exact) mass is 224 g/mol. The van der Waals surface area contributed by atoms with Crippen molar-refractivity contribution in [2.75, 3.05) is 6.26 Å². The van der Waals surface area contributed by atoms with E-state index in [0.717, 1.165) is 8.91 Å². The van der Waals surface area contributed by atoms with E-state index >= 15 is 0 Å². The molecule has 1 aromatic heterocycles. The van der Waals surface area contributed by atoms with Crippen LogP contribution in [0.2, 0.25) is 0 Å². The molecule has 0 bridgehead atoms. The fraction of sp³-hybridized carbons (Fsp3) is 0.100. The topological polar surface area (TPSA) is 37.3 Å². The van der Waals surface area contributed by atoms with E-state index in [0.29, 0.717) is 5.39 Å². The predicted octanol–water partition coefficient (Wildman–Crippen LogP) is 2.69. The zero-order valence-corrected chi connectivity index (χ0v) is 9.11. The first-order valence-corrected chi connectivity index (χ1v) is 6.05. The molecule has 0 aliphatic heterocycles. The minimum absolute atomic E-state index is 0.0168. The third kappa shape index (κ3) is 1.63. The molecule has 0 aliphatic rings. The van der Waals surface area contributed by atoms with E-state index in [1.165, 1.54) is 17.4 Å². The van der Waals surface area contributed by atoms with Gasteiger partial charge in [0.15, 0.2) is 5.43 Å². The zero-order chi connectivity index (χ0) is 10.1. The van der Waals surface area contributed by atoms with Gasteiger partial charge in [0.05, 0.1) is 4.21 Å². The van der Waals surface area contributed by atoms with Gasteiger partial charge in [-0.05, 0) is 24.5 Å². The molecule has 0 amide bonds. The van der Waals surface area contributed by atoms with Crippen molar-refractivity contribution < 1.29 is 5.11 Å². The second-order valence-electron chi connectivity index (χ2n) is 2.81. The lowest BCUT2D eigenvalue weighted by atomic mass is 10.2. The lowest BCUT2D eigenvalue weighted by molar-refractivity contribution is 0.476. The average Bonchev–Trinajstić information content (AvgIpc) is 2.16. The van der Waals surface area contributed by atoms with Crippen LogP contribution < -0.4 is 5.43 Å². The summed E-state index contributed by atoms with van der Waals surface area (Å²) in [5.41, 5.74) is 0.0168. The van der Waals surface area contributed by atoms with Crippen molar-refractivity contribution in [1.82, 2.24) is 0 Å². The number of fused-ring (bicyclic) bond motifs is 1. The Labute approximate surface area is 89.2 Å². The summed E-state index contributed by atoms with van der Waals surface area (Å²) in [4.78, 5) is 11.6. The molecule has 0 atom stereocenters. The second kappa shape index (κ2) is 3.63. The van der Waals surface area contributed by atoms with Gasteiger partial charge in [0.1, 0.15) is 5.75 Å². The molecule has 0 unspecified atom stereocenters. The van der Waals surface area contributed by atoms with Crippen LogP contribution in [0.1, 0.15) is 0 Å². The lowest BCUT2D eigenvalue weighted by Crippen LogP contribution is -1.97. The SMILES string of the molecule is CSc1cc(=O)c2ccc(O)cc2s1. The van der Waals surface area contributed by atoms with Crippen LogP contribution in [0.3, 0.4) is 0 Å². The fourth-order valence-corrected chi connectivity index (χ4v) is 2.89. The highest BCUT2D eigenvalue weighted by Gasteiger charge is 2.02. The smallest absolute Gasteiger partial charge is 0.189 e. The van der Waals surface area contributed by atoms with E-state index in [4.69, 9.17) is 0 Å². The van der Waals surface area contributed by atoms with Crippen LogP contribution in [0.4, 0.5) is 0 Å². The number of rotatable bonds is 1. The fourth-order valence-electron chi connectivity index (χ4n) is 1.22. The van der Waals surface area contributed by atoms with Crippen molar-refractivity contribution in [2.24, 2.45) is 0 Å². The van der Waals surface area contributed by atoms with Crippen molar-refractivity contribution in [3.8, 4) is 5.75 Å². The van der Waals surface area contributed by atoms with Gasteiger partial charge in [-0.1, -0.05) is 0 Å². The summed E-state index contributed by atoms with van der Waals surface area (Å²) in [6, 6.07) is 6.46. The maximum absolute atomic E-state index is 11.6. The van der Waals surface area contributed by atoms with Crippen LogP contribution in [0.5, 0.6) is 5.75 Å². The molecule has 2 nitrogen and oxygen atoms in total. The quantitative estimate of drug-likeness (QED) is 0.757. The van der Waals surface area contributed by atoms with Crippen LogP contribution in [0.15, 0.2) is 33.3 Å². The maximum Gasteiger partial charge on any atom is 0.189 e. The number of phenolic OH excluding ortho intramolecular Hbond substituents is 1. The van der Waals surface area contributed by atoms with E-state index in [-0.39, 0.29) is 11.2 Å². The highest BCUT2D eigenvalue weighted by atomic mass is 32.2. The Morgan fingerprint density at radius 2 is 2.14 bits per heavy atom. The molecule has 0 saturated heterocycles. The zero-order valence-electron chi connectivity index (χ0n) is 7.48. The summed E-state index contributed by atoms with van der Waals surface area (Å²) >= 11 is 3.06. The Bertz CT molecular complexity index is 531. The van der Waals surface area contributed by atoms with E-state index < -0.39 is 0 Å². The number of thioether (sulfide) groups is 1. The Morgan fingerprint density at radius 1 is 1.36 bits per heavy atom. The number of hydrogen-bond acceptors (Lipinski definition) is 4. The van der Waals surface area contributed by atoms with Crippen molar-refractivity contribution in [1.29, 1.82) is 0 Å². The molecule has 0 aliphatic carbocycles. The van der Waals surface area contributed by atoms with Gasteiger partial charge in [-0.15, -0.1) is 23.1 Å². The minimum atomic E-state index is 0.0168. The molecule has 1 N–H and O–H groups in total. The standard InChI is InChI=1S/C10H8O2S2/c1-13-10-5-8(12)7-3-2-6(11)4-9(7)14-10/h2-5,11H,1H3. The van der Waals surface area contributed by atoms with Gasteiger partial charge >= 0.3 is 0 Å². The van der Waals surface area contributed by atoms with Gasteiger partial charge in [-0.25, -0.2) is 0 Å². The van der Waals surface area contributed by atoms with Crippen LogP contribution >= 0.6 is 23.1 Å². The van der Waals surface area contributed by atoms with Gasteiger partial charge in [0.25, 0.3) is 0 Å². The minimum Gasteiger partial charge on any atom is -0.508 e. The van der Waals surface area contributed by atoms with Crippen LogP contribution in [-0.2, 0) is 0 Å². The molecule has 0 fully saturated rings. The van der Waals surface area contributed by atoms with Gasteiger partial charge in [0, 0.05) is 16.2 Å². The molecule has 0 radical (unpaired) electrons. The Hall–Kier alpha value is -1.000. The molecule has 0 spiro atoms. The summed E-state index contributed by atoms with van der Waals surface area (Å²) in [6.07, 6.45) is 1.93. The molecule has 14 heavy (non-hydrogen) atoms. The van der Waals surface area contributed by atoms with Crippen LogP contribution in [0, 0.1) is 0 Å². The molecular formula is C10H8O2S2. The van der Waals surface area contributed by atoms with Crippen LogP contribution in [-0.4, -0.2) is 11.4 Å². The number of phenols is 1. The second-order valence-corrected chi connectivity index (χ2v) is 5.00. The third-order valence-electron chi connectivity index (χ3n) is 1.89. The number of aromatic hydroxyl groups is 1. The van der Waals surface area contributed by atoms with Crippen molar-refractivity contribution in [3.63, 3.8) is 0 Å². The molecule has 72 valence electrons. The van der Waals surface area contributed by atoms with Gasteiger partial charge in [0.2, 0.25) is 0 Å². The lowest BCUT2D eigenvalue weighted by Gasteiger charge is -1.99. The van der Waals surface area contributed by atoms with E-state index in [2.05, 4.69) is 0 Å². The Morgan fingerprint density at radius 3 is 2.86 bits per heavy atom. The van der Waals surface area contributed by atoms with Crippen molar-refractivity contribution in [2.45, 2.75) is 4.21 Å². The third-order valence-corrected chi connectivity index (χ3v) is 4.04. The summed E-state index contributed by atoms with van der Waals surface area (Å²) in [7, 11) is 0. The van der Waals surface area contributed by atoms with Gasteiger partial charge in [-0.2, -0.15) is 0 Å². The molecule has 2 rings (SSSR count). The highest BCUT2D eigenvalue weighted by molar-refractivity contribution is 8.00. The molecule has 0 saturated carbocycles. The molecule has 2 aromatic rings. The number of hydrogen-bond donors (Lipinski definition) is 1. The summed E-state index contributed by atoms with van der Waals surface area (Å²) in [5.74, 6) is 0.200. The first-order chi connectivity index (χ1) is 6.70. The molecular weight excluding hydrogens is 216 g/mol. The van der Waals surface area contributed by atoms with Crippen molar-refractivity contribution in [3.05, 3.63) is 34.5 Å². The predicted molar refractivity (Wildman–Crippen MR) is 61.5 cm³/mol. The molecule has 1 heterocycles. The summed E-state index contributed by atoms with van der Waals surface area (Å²) in [5, 5.41) is 9.95. The first kappa shape index (κ1) is 9.55. The van der Waals surface area contributed by atoms with E-state index in [1.807, 2.05) is 6.26 Å². The highest BCUT2D eigenvalue weighted by Crippen LogP contribution is 2.27. The average molecular weight is 224 g/mol. The number of benzene rings is 1. The first-order valence-electron chi connectivity index (χ1n) is 4.01. The largest absolute Gasteiger partial charge is 0.508 e. The summed E-state index contributed by atoms with van der Waals surface area (Å²) in [6.45, 7) is 0. The molecule has 1 aromatic carbocycles. The molecule has 4 heteroatoms. The van der Waals surface area contributed by atoms with E-state index in [1.54, 1.807) is 30.0 Å². The van der Waals surface area contributed by atoms with Gasteiger partial charge < -0.3 is 5.11 Å². The maximum atomic E-state index is 11.6. The summed E-state index contributed by atoms with van der Waals surface area (Å²) < 4.78 is 1.80. The Balaban J connectivity index is 2.84. The van der Waals surface area contributed by atoms with Crippen LogP contribution in [0.25, 0.3) is 10.1 Å². The van der Waals surface area contributed by atoms with Gasteiger partial charge in [-0.3, -0.25) is 4.79 Å².